The molecule has 0 bridgehead atoms. The Kier molecular flexibility index (Phi) is 17.4. The minimum Gasteiger partial charge on any atom is -0.482 e. The Balaban J connectivity index is -0.000000206. The lowest BCUT2D eigenvalue weighted by atomic mass is 10.2. The highest BCUT2D eigenvalue weighted by atomic mass is 32.1. The van der Waals surface area contributed by atoms with Gasteiger partial charge in [-0.25, -0.2) is 0 Å². The normalized spacial score (nSPS) is 21.2. The van der Waals surface area contributed by atoms with Gasteiger partial charge in [-0.05, 0) is 55.4 Å². The molecular weight excluding hydrogens is 440 g/mol. The molecule has 0 aromatic carbocycles. The first-order chi connectivity index (χ1) is 12.2. The van der Waals surface area contributed by atoms with Crippen molar-refractivity contribution < 1.29 is 18.9 Å². The van der Waals surface area contributed by atoms with Crippen LogP contribution in [0.5, 0.6) is 23.0 Å². The Morgan fingerprint density at radius 1 is 0.406 bits per heavy atom. The highest BCUT2D eigenvalue weighted by Crippen LogP contribution is 2.45. The van der Waals surface area contributed by atoms with Crippen LogP contribution in [-0.4, -0.2) is 24.4 Å². The standard InChI is InChI=1S/2C10H14O2S.6CH4/c2*1-5-6(2)12-10-8(4)13-7(3)9(10)11-5;;;;;;/h2*5-6H,1-4H3;6*1H4. The van der Waals surface area contributed by atoms with E-state index in [0.29, 0.717) is 0 Å². The van der Waals surface area contributed by atoms with Crippen LogP contribution in [0.25, 0.3) is 0 Å². The Labute approximate surface area is 208 Å². The Morgan fingerprint density at radius 3 is 0.719 bits per heavy atom. The number of thiophene rings is 2. The largest absolute Gasteiger partial charge is 0.482 e. The first kappa shape index (κ1) is 37.9. The molecule has 0 amide bonds. The predicted octanol–water partition coefficient (Wildman–Crippen LogP) is 9.64. The van der Waals surface area contributed by atoms with E-state index in [0.717, 1.165) is 23.0 Å². The van der Waals surface area contributed by atoms with Gasteiger partial charge < -0.3 is 18.9 Å². The first-order valence-electron chi connectivity index (χ1n) is 9.05. The van der Waals surface area contributed by atoms with Crippen molar-refractivity contribution in [3.05, 3.63) is 19.5 Å². The van der Waals surface area contributed by atoms with E-state index in [2.05, 4.69) is 27.7 Å². The SMILES string of the molecule is C.C.C.C.C.C.Cc1sc(C)c2c1OC(C)C(C)O2.Cc1sc(C)c2c1OC(C)C(C)O2. The average molecular weight is 493 g/mol. The van der Waals surface area contributed by atoms with E-state index in [1.165, 1.54) is 19.5 Å². The molecule has 32 heavy (non-hydrogen) atoms. The fourth-order valence-electron chi connectivity index (χ4n) is 2.96. The second-order valence-corrected chi connectivity index (χ2v) is 9.89. The van der Waals surface area contributed by atoms with Crippen LogP contribution in [0.15, 0.2) is 0 Å². The van der Waals surface area contributed by atoms with E-state index >= 15 is 0 Å². The van der Waals surface area contributed by atoms with Crippen LogP contribution in [0.4, 0.5) is 0 Å². The van der Waals surface area contributed by atoms with Crippen LogP contribution >= 0.6 is 22.7 Å². The zero-order valence-electron chi connectivity index (χ0n) is 16.8. The van der Waals surface area contributed by atoms with Crippen molar-refractivity contribution in [3.8, 4) is 23.0 Å². The molecule has 4 heterocycles. The van der Waals surface area contributed by atoms with Gasteiger partial charge in [0.15, 0.2) is 23.0 Å². The topological polar surface area (TPSA) is 36.9 Å². The number of hydrogen-bond acceptors (Lipinski definition) is 6. The lowest BCUT2D eigenvalue weighted by molar-refractivity contribution is 0.0430. The number of hydrogen-bond donors (Lipinski definition) is 0. The summed E-state index contributed by atoms with van der Waals surface area (Å²) in [6, 6.07) is 0. The second kappa shape index (κ2) is 14.7. The molecule has 2 aromatic rings. The van der Waals surface area contributed by atoms with Crippen molar-refractivity contribution in [2.45, 2.75) is 124 Å². The van der Waals surface area contributed by atoms with E-state index in [9.17, 15) is 0 Å². The summed E-state index contributed by atoms with van der Waals surface area (Å²) in [5.74, 6) is 3.81. The summed E-state index contributed by atoms with van der Waals surface area (Å²) in [7, 11) is 0. The Hall–Kier alpha value is -1.40. The van der Waals surface area contributed by atoms with Gasteiger partial charge in [0.25, 0.3) is 0 Å². The zero-order chi connectivity index (χ0) is 19.2. The summed E-state index contributed by atoms with van der Waals surface area (Å²) in [5.41, 5.74) is 0. The summed E-state index contributed by atoms with van der Waals surface area (Å²) in [6.45, 7) is 16.5. The van der Waals surface area contributed by atoms with E-state index in [-0.39, 0.29) is 69.0 Å². The van der Waals surface area contributed by atoms with Gasteiger partial charge in [0.2, 0.25) is 0 Å². The third-order valence-electron chi connectivity index (χ3n) is 4.84. The third kappa shape index (κ3) is 7.31. The van der Waals surface area contributed by atoms with Gasteiger partial charge in [0.05, 0.1) is 0 Å². The molecule has 6 heteroatoms. The molecule has 4 rings (SSSR count). The summed E-state index contributed by atoms with van der Waals surface area (Å²) in [6.07, 6.45) is 0.612. The predicted molar refractivity (Wildman–Crippen MR) is 148 cm³/mol. The van der Waals surface area contributed by atoms with Crippen LogP contribution in [0.2, 0.25) is 0 Å². The van der Waals surface area contributed by atoms with Crippen LogP contribution in [0.3, 0.4) is 0 Å². The average Bonchev–Trinajstić information content (AvgIpc) is 2.99. The van der Waals surface area contributed by atoms with E-state index in [4.69, 9.17) is 18.9 Å². The zero-order valence-corrected chi connectivity index (χ0v) is 18.4. The molecule has 2 aromatic heterocycles. The lowest BCUT2D eigenvalue weighted by Gasteiger charge is -2.28. The van der Waals surface area contributed by atoms with Gasteiger partial charge in [0, 0.05) is 19.5 Å². The van der Waals surface area contributed by atoms with Gasteiger partial charge in [-0.3, -0.25) is 0 Å². The van der Waals surface area contributed by atoms with Crippen molar-refractivity contribution in [1.29, 1.82) is 0 Å². The summed E-state index contributed by atoms with van der Waals surface area (Å²) < 4.78 is 23.1. The van der Waals surface area contributed by atoms with Gasteiger partial charge in [-0.1, -0.05) is 44.6 Å². The monoisotopic (exact) mass is 492 g/mol. The Morgan fingerprint density at radius 2 is 0.562 bits per heavy atom. The summed E-state index contributed by atoms with van der Waals surface area (Å²) >= 11 is 3.48. The van der Waals surface area contributed by atoms with Crippen LogP contribution in [0, 0.1) is 27.7 Å². The highest BCUT2D eigenvalue weighted by Gasteiger charge is 2.29. The summed E-state index contributed by atoms with van der Waals surface area (Å²) in [4.78, 5) is 4.86. The van der Waals surface area contributed by atoms with E-state index < -0.39 is 0 Å². The molecule has 4 atom stereocenters. The van der Waals surface area contributed by atoms with Gasteiger partial charge >= 0.3 is 0 Å². The summed E-state index contributed by atoms with van der Waals surface area (Å²) in [5, 5.41) is 0. The van der Waals surface area contributed by atoms with Crippen molar-refractivity contribution in [1.82, 2.24) is 0 Å². The molecule has 0 radical (unpaired) electrons. The minimum atomic E-state index is 0. The van der Waals surface area contributed by atoms with Crippen molar-refractivity contribution in [3.63, 3.8) is 0 Å². The maximum atomic E-state index is 5.78. The number of ether oxygens (including phenoxy) is 4. The Bertz CT molecular complexity index is 667. The number of aryl methyl sites for hydroxylation is 4. The van der Waals surface area contributed by atoms with E-state index in [1.807, 2.05) is 27.7 Å². The molecule has 0 saturated heterocycles. The van der Waals surface area contributed by atoms with Crippen LogP contribution < -0.4 is 18.9 Å². The van der Waals surface area contributed by atoms with Crippen LogP contribution in [0.1, 0.15) is 91.8 Å². The molecule has 4 nitrogen and oxygen atoms in total. The smallest absolute Gasteiger partial charge is 0.175 e. The molecule has 0 N–H and O–H groups in total. The number of rotatable bonds is 0. The number of fused-ring (bicyclic) bond motifs is 2. The second-order valence-electron chi connectivity index (χ2n) is 7.04. The van der Waals surface area contributed by atoms with Gasteiger partial charge in [-0.2, -0.15) is 0 Å². The molecule has 192 valence electrons. The minimum absolute atomic E-state index is 0. The van der Waals surface area contributed by atoms with Crippen LogP contribution in [-0.2, 0) is 0 Å². The molecule has 0 spiro atoms. The molecule has 0 saturated carbocycles. The quantitative estimate of drug-likeness (QED) is 0.367. The van der Waals surface area contributed by atoms with E-state index in [1.54, 1.807) is 22.7 Å². The fraction of sp³-hybridized carbons (Fsp3) is 0.692. The first-order valence-corrected chi connectivity index (χ1v) is 10.7. The van der Waals surface area contributed by atoms with Gasteiger partial charge in [-0.15, -0.1) is 22.7 Å². The lowest BCUT2D eigenvalue weighted by Crippen LogP contribution is -2.34. The molecule has 2 aliphatic rings. The maximum absolute atomic E-state index is 5.78. The van der Waals surface area contributed by atoms with Crippen molar-refractivity contribution >= 4 is 22.7 Å². The molecule has 2 aliphatic heterocycles. The maximum Gasteiger partial charge on any atom is 0.175 e. The molecule has 4 unspecified atom stereocenters. The van der Waals surface area contributed by atoms with Crippen molar-refractivity contribution in [2.24, 2.45) is 0 Å². The van der Waals surface area contributed by atoms with Crippen molar-refractivity contribution in [2.75, 3.05) is 0 Å². The fourth-order valence-corrected chi connectivity index (χ4v) is 4.81. The molecule has 0 fully saturated rings. The van der Waals surface area contributed by atoms with Gasteiger partial charge in [0.1, 0.15) is 24.4 Å². The highest BCUT2D eigenvalue weighted by molar-refractivity contribution is 7.12. The third-order valence-corrected chi connectivity index (χ3v) is 6.81. The molecular formula is C26H52O4S2. The molecule has 0 aliphatic carbocycles.